The molecular formula is C56H104B4P2. The van der Waals surface area contributed by atoms with E-state index in [4.69, 9.17) is 0 Å². The fourth-order valence-electron chi connectivity index (χ4n) is 18.7. The minimum Gasteiger partial charge on any atom is -0.122 e. The Bertz CT molecular complexity index is 912. The van der Waals surface area contributed by atoms with E-state index in [2.05, 4.69) is 0 Å². The maximum atomic E-state index is 1.65. The zero-order valence-electron chi connectivity index (χ0n) is 41.6. The molecule has 8 fully saturated rings. The Balaban J connectivity index is 0.940. The Morgan fingerprint density at radius 2 is 0.387 bits per heavy atom. The van der Waals surface area contributed by atoms with E-state index in [9.17, 15) is 0 Å². The predicted molar refractivity (Wildman–Crippen MR) is 291 cm³/mol. The highest BCUT2D eigenvalue weighted by Gasteiger charge is 2.50. The van der Waals surface area contributed by atoms with Crippen molar-refractivity contribution in [1.82, 2.24) is 0 Å². The largest absolute Gasteiger partial charge is 0.142 e. The van der Waals surface area contributed by atoms with Crippen LogP contribution in [0.25, 0.3) is 0 Å². The molecular weight excluding hydrogens is 778 g/mol. The molecule has 2 atom stereocenters. The van der Waals surface area contributed by atoms with Gasteiger partial charge in [0.2, 0.25) is 0 Å². The maximum Gasteiger partial charge on any atom is 0.142 e. The minimum absolute atomic E-state index is 1.08. The molecule has 0 N–H and O–H groups in total. The summed E-state index contributed by atoms with van der Waals surface area (Å²) in [6.07, 6.45) is 72.7. The molecule has 0 aromatic carbocycles. The lowest BCUT2D eigenvalue weighted by Gasteiger charge is -2.47. The van der Waals surface area contributed by atoms with Crippen molar-refractivity contribution in [2.24, 2.45) is 0 Å². The van der Waals surface area contributed by atoms with Crippen LogP contribution in [0.15, 0.2) is 0 Å². The van der Waals surface area contributed by atoms with Crippen LogP contribution < -0.4 is 0 Å². The van der Waals surface area contributed by atoms with E-state index in [1.807, 2.05) is 0 Å². The zero-order valence-corrected chi connectivity index (χ0v) is 43.6. The second-order valence-electron chi connectivity index (χ2n) is 24.9. The van der Waals surface area contributed by atoms with E-state index in [0.29, 0.717) is 0 Å². The Kier molecular flexibility index (Phi) is 22.3. The average molecular weight is 883 g/mol. The first-order chi connectivity index (χ1) is 30.8. The summed E-state index contributed by atoms with van der Waals surface area (Å²) < 4.78 is 0. The van der Waals surface area contributed by atoms with Gasteiger partial charge in [0, 0.05) is 0 Å². The van der Waals surface area contributed by atoms with Crippen LogP contribution in [0.3, 0.4) is 0 Å². The summed E-state index contributed by atoms with van der Waals surface area (Å²) in [6.45, 7) is 4.37. The molecule has 0 aromatic rings. The summed E-state index contributed by atoms with van der Waals surface area (Å²) in [5.41, 5.74) is 2.16. The van der Waals surface area contributed by atoms with Crippen LogP contribution in [0.1, 0.15) is 270 Å². The van der Waals surface area contributed by atoms with E-state index in [1.54, 1.807) is 294 Å². The van der Waals surface area contributed by atoms with Gasteiger partial charge in [0.05, 0.1) is 0 Å². The van der Waals surface area contributed by atoms with Crippen molar-refractivity contribution < 1.29 is 0 Å². The summed E-state index contributed by atoms with van der Waals surface area (Å²) in [7, 11) is 2.53. The molecule has 0 aromatic heterocycles. The quantitative estimate of drug-likeness (QED) is 0.0612. The molecule has 2 unspecified atom stereocenters. The molecule has 6 heteroatoms. The van der Waals surface area contributed by atoms with Gasteiger partial charge >= 0.3 is 0 Å². The van der Waals surface area contributed by atoms with E-state index >= 15 is 0 Å². The summed E-state index contributed by atoms with van der Waals surface area (Å²) in [5, 5.41) is 0. The molecule has 8 aliphatic rings. The van der Waals surface area contributed by atoms with Gasteiger partial charge in [-0.3, -0.25) is 0 Å². The Hall–Kier alpha value is 1.12. The molecule has 0 amide bonds. The third kappa shape index (κ3) is 14.3. The first-order valence-electron chi connectivity index (χ1n) is 30.3. The monoisotopic (exact) mass is 883 g/mol. The number of rotatable bonds is 21. The molecule has 8 aliphatic carbocycles. The third-order valence-corrected chi connectivity index (χ3v) is 24.3. The summed E-state index contributed by atoms with van der Waals surface area (Å²) in [5.74, 6) is 8.68. The van der Waals surface area contributed by atoms with Gasteiger partial charge in [0.25, 0.3) is 0 Å². The predicted octanol–water partition coefficient (Wildman–Crippen LogP) is 19.6. The van der Waals surface area contributed by atoms with Crippen molar-refractivity contribution in [3.05, 3.63) is 0 Å². The van der Waals surface area contributed by atoms with Gasteiger partial charge in [-0.2, -0.15) is 0 Å². The molecule has 0 nitrogen and oxygen atoms in total. The third-order valence-electron chi connectivity index (χ3n) is 21.3. The van der Waals surface area contributed by atoms with Crippen LogP contribution in [0, 0.1) is 0 Å². The molecule has 0 saturated heterocycles. The molecule has 0 aliphatic heterocycles. The zero-order chi connectivity index (χ0) is 42.0. The van der Waals surface area contributed by atoms with E-state index in [-0.39, 0.29) is 0 Å². The number of hydrogen-bond acceptors (Lipinski definition) is 0. The molecule has 62 heavy (non-hydrogen) atoms. The van der Waals surface area contributed by atoms with Crippen molar-refractivity contribution in [1.29, 1.82) is 0 Å². The van der Waals surface area contributed by atoms with Crippen LogP contribution in [0.2, 0.25) is 58.0 Å². The standard InChI is InChI=1S/C56H104B4P2/c1-9-25-47(26-10-1)57(48-27-11-2-12-28-48)55(58(49-29-13-3-14-30-49)50-31-15-4-16-32-50)41-43-61-45-46-62-44-42-56(59(51-33-17-5-18-34-51)52-35-19-6-20-36-52)60(53-37-21-7-22-38-53)54-39-23-8-24-40-54/h47-56,61-62H,1-46H2. The van der Waals surface area contributed by atoms with Gasteiger partial charge in [-0.05, 0) is 24.6 Å². The Morgan fingerprint density at radius 3 is 0.548 bits per heavy atom. The molecule has 0 spiro atoms. The molecule has 8 saturated carbocycles. The van der Waals surface area contributed by atoms with Gasteiger partial charge in [-0.1, -0.05) is 328 Å². The lowest BCUT2D eigenvalue weighted by Crippen LogP contribution is -2.46. The lowest BCUT2D eigenvalue weighted by atomic mass is 9.08. The van der Waals surface area contributed by atoms with Crippen LogP contribution >= 0.6 is 17.2 Å². The molecule has 350 valence electrons. The second-order valence-corrected chi connectivity index (χ2v) is 27.9. The topological polar surface area (TPSA) is 0 Å². The van der Waals surface area contributed by atoms with Gasteiger partial charge in [0.1, 0.15) is 26.9 Å². The molecule has 0 bridgehead atoms. The normalized spacial score (nSPS) is 26.4. The van der Waals surface area contributed by atoms with Crippen LogP contribution in [-0.2, 0) is 0 Å². The smallest absolute Gasteiger partial charge is 0.122 e. The first-order valence-corrected chi connectivity index (χ1v) is 33.1. The highest BCUT2D eigenvalue weighted by atomic mass is 31.1. The maximum absolute atomic E-state index is 1.65. The van der Waals surface area contributed by atoms with E-state index in [0.717, 1.165) is 84.8 Å². The van der Waals surface area contributed by atoms with Gasteiger partial charge in [0.15, 0.2) is 0 Å². The molecule has 8 rings (SSSR count). The lowest BCUT2D eigenvalue weighted by molar-refractivity contribution is 0.446. The summed E-state index contributed by atoms with van der Waals surface area (Å²) in [4.78, 5) is 0. The molecule has 0 heterocycles. The van der Waals surface area contributed by atoms with Crippen molar-refractivity contribution in [3.8, 4) is 0 Å². The van der Waals surface area contributed by atoms with E-state index < -0.39 is 0 Å². The highest BCUT2D eigenvalue weighted by Crippen LogP contribution is 2.56. The summed E-state index contributed by atoms with van der Waals surface area (Å²) >= 11 is 0. The van der Waals surface area contributed by atoms with Crippen molar-refractivity contribution in [3.63, 3.8) is 0 Å². The Morgan fingerprint density at radius 1 is 0.226 bits per heavy atom. The van der Waals surface area contributed by atoms with Gasteiger partial charge < -0.3 is 0 Å². The van der Waals surface area contributed by atoms with Crippen molar-refractivity contribution in [2.45, 2.75) is 328 Å². The minimum atomic E-state index is 1.08. The van der Waals surface area contributed by atoms with E-state index in [1.165, 1.54) is 17.2 Å². The van der Waals surface area contributed by atoms with Gasteiger partial charge in [-0.15, -0.1) is 17.2 Å². The number of hydrogen-bond donors (Lipinski definition) is 0. The van der Waals surface area contributed by atoms with Gasteiger partial charge in [-0.25, -0.2) is 0 Å². The fourth-order valence-corrected chi connectivity index (χ4v) is 21.7. The van der Waals surface area contributed by atoms with Crippen LogP contribution in [0.4, 0.5) is 0 Å². The second kappa shape index (κ2) is 27.9. The molecule has 0 radical (unpaired) electrons. The van der Waals surface area contributed by atoms with Crippen molar-refractivity contribution in [2.75, 3.05) is 24.6 Å². The first kappa shape index (κ1) is 49.5. The van der Waals surface area contributed by atoms with Crippen molar-refractivity contribution >= 4 is 44.0 Å². The highest BCUT2D eigenvalue weighted by molar-refractivity contribution is 7.42. The average Bonchev–Trinajstić information content (AvgIpc) is 3.35. The SMILES string of the molecule is C1CCC(B(C2CCCCC2)C(CCPCCPCCC(B(C2CCCCC2)C2CCCCC2)B(C2CCCCC2)C2CCCCC2)B(C2CCCCC2)C2CCCCC2)CC1. The Labute approximate surface area is 394 Å². The fraction of sp³-hybridized carbons (Fsp3) is 1.00. The van der Waals surface area contributed by atoms with Crippen LogP contribution in [-0.4, -0.2) is 51.5 Å². The summed E-state index contributed by atoms with van der Waals surface area (Å²) in [6, 6.07) is 0. The van der Waals surface area contributed by atoms with Crippen LogP contribution in [0.5, 0.6) is 0 Å².